The van der Waals surface area contributed by atoms with E-state index >= 15 is 0 Å². The monoisotopic (exact) mass is 389 g/mol. The number of aryl methyl sites for hydroxylation is 1. The summed E-state index contributed by atoms with van der Waals surface area (Å²) >= 11 is 6.02. The van der Waals surface area contributed by atoms with Gasteiger partial charge in [-0.05, 0) is 37.3 Å². The highest BCUT2D eigenvalue weighted by molar-refractivity contribution is 6.31. The summed E-state index contributed by atoms with van der Waals surface area (Å²) in [5, 5.41) is 0.240. The van der Waals surface area contributed by atoms with Gasteiger partial charge in [-0.25, -0.2) is 4.39 Å². The number of H-pyrrole nitrogens is 1. The number of halogens is 2. The van der Waals surface area contributed by atoms with Gasteiger partial charge in [0.15, 0.2) is 0 Å². The van der Waals surface area contributed by atoms with E-state index in [2.05, 4.69) is 4.98 Å². The van der Waals surface area contributed by atoms with Crippen molar-refractivity contribution in [2.45, 2.75) is 20.0 Å². The van der Waals surface area contributed by atoms with Gasteiger partial charge in [0.2, 0.25) is 0 Å². The number of carbonyl (C=O) groups excluding carboxylic acids is 1. The second kappa shape index (κ2) is 7.36. The van der Waals surface area contributed by atoms with E-state index in [0.717, 1.165) is 0 Å². The topological polar surface area (TPSA) is 75.2 Å². The zero-order valence-corrected chi connectivity index (χ0v) is 15.5. The number of aromatic nitrogens is 2. The molecule has 3 aromatic rings. The molecule has 1 N–H and O–H groups in total. The number of benzene rings is 2. The van der Waals surface area contributed by atoms with E-state index in [1.807, 2.05) is 0 Å². The summed E-state index contributed by atoms with van der Waals surface area (Å²) in [6, 6.07) is 9.01. The van der Waals surface area contributed by atoms with Gasteiger partial charge >= 0.3 is 11.1 Å². The van der Waals surface area contributed by atoms with Crippen LogP contribution in [-0.4, -0.2) is 27.4 Å². The smallest absolute Gasteiger partial charge is 0.316 e. The number of aromatic amines is 1. The molecule has 0 saturated heterocycles. The van der Waals surface area contributed by atoms with E-state index in [1.165, 1.54) is 34.7 Å². The number of nitrogens with one attached hydrogen (secondary N) is 1. The molecular formula is C19H17ClFN3O3. The first kappa shape index (κ1) is 18.8. The van der Waals surface area contributed by atoms with Crippen LogP contribution in [0.25, 0.3) is 11.0 Å². The van der Waals surface area contributed by atoms with Crippen molar-refractivity contribution in [3.63, 3.8) is 0 Å². The van der Waals surface area contributed by atoms with Gasteiger partial charge in [-0.2, -0.15) is 0 Å². The lowest BCUT2D eigenvalue weighted by molar-refractivity contribution is 0.0784. The van der Waals surface area contributed by atoms with Gasteiger partial charge in [-0.15, -0.1) is 0 Å². The van der Waals surface area contributed by atoms with E-state index in [1.54, 1.807) is 25.1 Å². The van der Waals surface area contributed by atoms with Crippen molar-refractivity contribution in [2.75, 3.05) is 7.05 Å². The van der Waals surface area contributed by atoms with Crippen LogP contribution in [0.15, 0.2) is 46.0 Å². The number of nitrogens with zero attached hydrogens (tertiary/aromatic N) is 2. The summed E-state index contributed by atoms with van der Waals surface area (Å²) in [4.78, 5) is 40.3. The van der Waals surface area contributed by atoms with Gasteiger partial charge in [0, 0.05) is 36.3 Å². The van der Waals surface area contributed by atoms with E-state index < -0.39 is 16.9 Å². The summed E-state index contributed by atoms with van der Waals surface area (Å²) in [6.07, 6.45) is 0. The van der Waals surface area contributed by atoms with Crippen LogP contribution < -0.4 is 11.1 Å². The molecule has 0 bridgehead atoms. The van der Waals surface area contributed by atoms with Crippen molar-refractivity contribution in [1.82, 2.24) is 14.5 Å². The number of fused-ring (bicyclic) bond motifs is 1. The fraction of sp³-hybridized carbons (Fsp3) is 0.211. The summed E-state index contributed by atoms with van der Waals surface area (Å²) in [5.41, 5.74) is 0.0392. The van der Waals surface area contributed by atoms with Crippen LogP contribution in [0.1, 0.15) is 22.8 Å². The minimum atomic E-state index is -0.750. The molecule has 0 radical (unpaired) electrons. The normalized spacial score (nSPS) is 11.0. The van der Waals surface area contributed by atoms with Crippen LogP contribution in [0.4, 0.5) is 4.39 Å². The maximum Gasteiger partial charge on any atom is 0.316 e. The summed E-state index contributed by atoms with van der Waals surface area (Å²) in [7, 11) is 1.53. The molecule has 1 amide bonds. The number of amides is 1. The molecule has 2 aromatic carbocycles. The second-order valence-corrected chi connectivity index (χ2v) is 6.50. The highest BCUT2D eigenvalue weighted by Gasteiger charge is 2.17. The summed E-state index contributed by atoms with van der Waals surface area (Å²) in [5.74, 6) is -0.858. The molecule has 27 heavy (non-hydrogen) atoms. The van der Waals surface area contributed by atoms with Gasteiger partial charge in [-0.3, -0.25) is 14.4 Å². The zero-order chi connectivity index (χ0) is 19.7. The molecule has 0 atom stereocenters. The minimum absolute atomic E-state index is 0.00659. The molecule has 8 heteroatoms. The molecule has 0 saturated carbocycles. The first-order valence-corrected chi connectivity index (χ1v) is 8.66. The number of rotatable bonds is 4. The van der Waals surface area contributed by atoms with Gasteiger partial charge in [0.1, 0.15) is 5.82 Å². The van der Waals surface area contributed by atoms with E-state index in [-0.39, 0.29) is 23.0 Å². The van der Waals surface area contributed by atoms with E-state index in [0.29, 0.717) is 23.1 Å². The molecule has 0 fully saturated rings. The molecule has 0 aliphatic heterocycles. The average Bonchev–Trinajstić information content (AvgIpc) is 2.65. The fourth-order valence-corrected chi connectivity index (χ4v) is 3.16. The summed E-state index contributed by atoms with van der Waals surface area (Å²) < 4.78 is 15.3. The first-order chi connectivity index (χ1) is 12.8. The highest BCUT2D eigenvalue weighted by Crippen LogP contribution is 2.21. The maximum absolute atomic E-state index is 14.0. The van der Waals surface area contributed by atoms with Crippen molar-refractivity contribution in [1.29, 1.82) is 0 Å². The van der Waals surface area contributed by atoms with Gasteiger partial charge < -0.3 is 14.5 Å². The molecule has 1 heterocycles. The zero-order valence-electron chi connectivity index (χ0n) is 14.8. The van der Waals surface area contributed by atoms with Crippen molar-refractivity contribution >= 4 is 28.5 Å². The van der Waals surface area contributed by atoms with Crippen molar-refractivity contribution in [3.05, 3.63) is 79.1 Å². The lowest BCUT2D eigenvalue weighted by Crippen LogP contribution is -2.36. The van der Waals surface area contributed by atoms with Crippen LogP contribution >= 0.6 is 11.6 Å². The van der Waals surface area contributed by atoms with Gasteiger partial charge in [0.25, 0.3) is 5.91 Å². The third-order valence-corrected chi connectivity index (χ3v) is 4.70. The molecule has 6 nitrogen and oxygen atoms in total. The van der Waals surface area contributed by atoms with Crippen molar-refractivity contribution in [2.24, 2.45) is 0 Å². The molecule has 140 valence electrons. The Morgan fingerprint density at radius 3 is 2.67 bits per heavy atom. The number of carbonyl (C=O) groups is 1. The Morgan fingerprint density at radius 1 is 1.26 bits per heavy atom. The number of hydrogen-bond donors (Lipinski definition) is 1. The predicted molar refractivity (Wildman–Crippen MR) is 102 cm³/mol. The van der Waals surface area contributed by atoms with E-state index in [4.69, 9.17) is 11.6 Å². The Kier molecular flexibility index (Phi) is 5.14. The minimum Gasteiger partial charge on any atom is -0.337 e. The number of hydrogen-bond acceptors (Lipinski definition) is 3. The standard InChI is InChI=1S/C19H17ClFN3O3/c1-3-24-16-8-7-11(9-15(16)22-17(25)19(24)27)18(26)23(2)10-12-13(20)5-4-6-14(12)21/h4-9H,3,10H2,1-2H3,(H,22,25). The van der Waals surface area contributed by atoms with Gasteiger partial charge in [-0.1, -0.05) is 17.7 Å². The van der Waals surface area contributed by atoms with Crippen LogP contribution in [0.5, 0.6) is 0 Å². The molecule has 0 spiro atoms. The second-order valence-electron chi connectivity index (χ2n) is 6.10. The largest absolute Gasteiger partial charge is 0.337 e. The van der Waals surface area contributed by atoms with Gasteiger partial charge in [0.05, 0.1) is 11.0 Å². The molecule has 3 rings (SSSR count). The Labute approximate surface area is 158 Å². The molecule has 0 aliphatic carbocycles. The SMILES string of the molecule is CCn1c(=O)c(=O)[nH]c2cc(C(=O)N(C)Cc3c(F)cccc3Cl)ccc21. The quantitative estimate of drug-likeness (QED) is 0.697. The molecule has 0 unspecified atom stereocenters. The molecule has 1 aromatic heterocycles. The van der Waals surface area contributed by atoms with Crippen LogP contribution in [0.3, 0.4) is 0 Å². The Balaban J connectivity index is 1.97. The summed E-state index contributed by atoms with van der Waals surface area (Å²) in [6.45, 7) is 2.08. The Hall–Kier alpha value is -2.93. The highest BCUT2D eigenvalue weighted by atomic mass is 35.5. The maximum atomic E-state index is 14.0. The van der Waals surface area contributed by atoms with Crippen molar-refractivity contribution < 1.29 is 9.18 Å². The fourth-order valence-electron chi connectivity index (χ4n) is 2.94. The van der Waals surface area contributed by atoms with E-state index in [9.17, 15) is 18.8 Å². The van der Waals surface area contributed by atoms with Crippen LogP contribution in [0.2, 0.25) is 5.02 Å². The van der Waals surface area contributed by atoms with Crippen LogP contribution in [0, 0.1) is 5.82 Å². The lowest BCUT2D eigenvalue weighted by Gasteiger charge is -2.19. The Morgan fingerprint density at radius 2 is 2.00 bits per heavy atom. The van der Waals surface area contributed by atoms with Crippen molar-refractivity contribution in [3.8, 4) is 0 Å². The third kappa shape index (κ3) is 3.50. The third-order valence-electron chi connectivity index (χ3n) is 4.34. The molecular weight excluding hydrogens is 373 g/mol. The lowest BCUT2D eigenvalue weighted by atomic mass is 10.1. The first-order valence-electron chi connectivity index (χ1n) is 8.28. The van der Waals surface area contributed by atoms with Crippen LogP contribution in [-0.2, 0) is 13.1 Å². The predicted octanol–water partition coefficient (Wildman–Crippen LogP) is 2.77. The Bertz CT molecular complexity index is 1130. The average molecular weight is 390 g/mol. The molecule has 0 aliphatic rings.